The van der Waals surface area contributed by atoms with E-state index in [1.54, 1.807) is 0 Å². The van der Waals surface area contributed by atoms with Crippen molar-refractivity contribution in [1.82, 2.24) is 5.32 Å². The fourth-order valence-electron chi connectivity index (χ4n) is 3.56. The Bertz CT molecular complexity index is 567. The first kappa shape index (κ1) is 19.1. The lowest BCUT2D eigenvalue weighted by atomic mass is 9.93. The van der Waals surface area contributed by atoms with Crippen molar-refractivity contribution in [2.24, 2.45) is 0 Å². The van der Waals surface area contributed by atoms with E-state index in [0.29, 0.717) is 13.2 Å². The minimum atomic E-state index is -0.216. The normalized spacial score (nSPS) is 26.3. The lowest BCUT2D eigenvalue weighted by molar-refractivity contribution is -0.0447. The van der Waals surface area contributed by atoms with E-state index in [9.17, 15) is 9.90 Å². The fraction of sp³-hybridized carbons (Fsp3) is 0.650. The molecule has 2 fully saturated rings. The Morgan fingerprint density at radius 3 is 2.81 bits per heavy atom. The van der Waals surface area contributed by atoms with Crippen LogP contribution in [0.4, 0.5) is 10.5 Å². The number of hydrogen-bond donors (Lipinski definition) is 3. The molecule has 26 heavy (non-hydrogen) atoms. The highest BCUT2D eigenvalue weighted by molar-refractivity contribution is 5.89. The lowest BCUT2D eigenvalue weighted by Gasteiger charge is -2.26. The van der Waals surface area contributed by atoms with E-state index in [1.165, 1.54) is 6.42 Å². The average molecular weight is 362 g/mol. The van der Waals surface area contributed by atoms with Crippen molar-refractivity contribution >= 4 is 11.7 Å². The summed E-state index contributed by atoms with van der Waals surface area (Å²) in [6, 6.07) is 7.67. The second-order valence-electron chi connectivity index (χ2n) is 7.31. The van der Waals surface area contributed by atoms with Crippen molar-refractivity contribution in [1.29, 1.82) is 0 Å². The molecule has 1 aromatic rings. The SMILES string of the molecule is O=C(Nc1cccc(COC[C@@H]2CCCCO2)c1)NC1CCC(O)CC1. The number of aliphatic hydroxyl groups is 1. The standard InChI is InChI=1S/C20H30N2O4/c23-18-9-7-16(8-10-18)21-20(24)22-17-5-3-4-15(12-17)13-25-14-19-6-1-2-11-26-19/h3-5,12,16,18-19,23H,1-2,6-11,13-14H2,(H2,21,22,24)/t16?,18?,19-/m0/s1. The predicted octanol–water partition coefficient (Wildman–Crippen LogP) is 3.20. The van der Waals surface area contributed by atoms with Crippen LogP contribution in [0.15, 0.2) is 24.3 Å². The second kappa shape index (κ2) is 9.90. The van der Waals surface area contributed by atoms with Crippen LogP contribution in [-0.2, 0) is 16.1 Å². The first-order valence-corrected chi connectivity index (χ1v) is 9.73. The highest BCUT2D eigenvalue weighted by Crippen LogP contribution is 2.19. The third-order valence-corrected chi connectivity index (χ3v) is 5.06. The summed E-state index contributed by atoms with van der Waals surface area (Å²) in [5, 5.41) is 15.4. The Kier molecular flexibility index (Phi) is 7.29. The largest absolute Gasteiger partial charge is 0.393 e. The van der Waals surface area contributed by atoms with Crippen LogP contribution in [0.1, 0.15) is 50.5 Å². The molecule has 1 heterocycles. The van der Waals surface area contributed by atoms with Crippen LogP contribution in [0.3, 0.4) is 0 Å². The van der Waals surface area contributed by atoms with Gasteiger partial charge < -0.3 is 25.2 Å². The number of urea groups is 1. The van der Waals surface area contributed by atoms with E-state index in [1.807, 2.05) is 24.3 Å². The summed E-state index contributed by atoms with van der Waals surface area (Å²) in [6.45, 7) is 1.96. The molecule has 6 nitrogen and oxygen atoms in total. The Balaban J connectivity index is 1.40. The van der Waals surface area contributed by atoms with Crippen molar-refractivity contribution in [2.75, 3.05) is 18.5 Å². The van der Waals surface area contributed by atoms with Gasteiger partial charge in [0.05, 0.1) is 25.4 Å². The van der Waals surface area contributed by atoms with Crippen LogP contribution in [0.2, 0.25) is 0 Å². The number of carbonyl (C=O) groups excluding carboxylic acids is 1. The van der Waals surface area contributed by atoms with Crippen LogP contribution in [-0.4, -0.2) is 42.6 Å². The number of benzene rings is 1. The summed E-state index contributed by atoms with van der Waals surface area (Å²) >= 11 is 0. The summed E-state index contributed by atoms with van der Waals surface area (Å²) in [5.74, 6) is 0. The molecule has 1 saturated heterocycles. The van der Waals surface area contributed by atoms with Crippen molar-refractivity contribution in [3.05, 3.63) is 29.8 Å². The zero-order valence-corrected chi connectivity index (χ0v) is 15.3. The molecule has 1 aromatic carbocycles. The molecule has 1 aliphatic heterocycles. The molecule has 1 aliphatic carbocycles. The van der Waals surface area contributed by atoms with Gasteiger partial charge >= 0.3 is 6.03 Å². The summed E-state index contributed by atoms with van der Waals surface area (Å²) in [6.07, 6.45) is 6.58. The van der Waals surface area contributed by atoms with Gasteiger partial charge in [-0.05, 0) is 62.6 Å². The molecule has 1 atom stereocenters. The smallest absolute Gasteiger partial charge is 0.319 e. The van der Waals surface area contributed by atoms with E-state index < -0.39 is 0 Å². The fourth-order valence-corrected chi connectivity index (χ4v) is 3.56. The number of carbonyl (C=O) groups is 1. The molecule has 0 unspecified atom stereocenters. The molecule has 3 rings (SSSR count). The minimum absolute atomic E-state index is 0.139. The highest BCUT2D eigenvalue weighted by atomic mass is 16.5. The van der Waals surface area contributed by atoms with Gasteiger partial charge in [0.1, 0.15) is 0 Å². The van der Waals surface area contributed by atoms with Crippen molar-refractivity contribution in [3.63, 3.8) is 0 Å². The molecule has 6 heteroatoms. The average Bonchev–Trinajstić information content (AvgIpc) is 2.65. The number of ether oxygens (including phenoxy) is 2. The van der Waals surface area contributed by atoms with E-state index in [2.05, 4.69) is 10.6 Å². The van der Waals surface area contributed by atoms with Crippen molar-refractivity contribution < 1.29 is 19.4 Å². The molecule has 2 amide bonds. The van der Waals surface area contributed by atoms with Gasteiger partial charge in [-0.3, -0.25) is 0 Å². The van der Waals surface area contributed by atoms with Gasteiger partial charge in [-0.1, -0.05) is 12.1 Å². The minimum Gasteiger partial charge on any atom is -0.393 e. The molecule has 0 aromatic heterocycles. The summed E-state index contributed by atoms with van der Waals surface area (Å²) < 4.78 is 11.4. The third kappa shape index (κ3) is 6.27. The van der Waals surface area contributed by atoms with Gasteiger partial charge in [0, 0.05) is 18.3 Å². The van der Waals surface area contributed by atoms with E-state index >= 15 is 0 Å². The number of rotatable bonds is 6. The highest BCUT2D eigenvalue weighted by Gasteiger charge is 2.20. The van der Waals surface area contributed by atoms with Gasteiger partial charge in [0.2, 0.25) is 0 Å². The molecule has 1 saturated carbocycles. The summed E-state index contributed by atoms with van der Waals surface area (Å²) in [7, 11) is 0. The number of nitrogens with one attached hydrogen (secondary N) is 2. The van der Waals surface area contributed by atoms with Crippen LogP contribution in [0.25, 0.3) is 0 Å². The maximum Gasteiger partial charge on any atom is 0.319 e. The first-order chi connectivity index (χ1) is 12.7. The number of aliphatic hydroxyl groups excluding tert-OH is 1. The van der Waals surface area contributed by atoms with E-state index in [-0.39, 0.29) is 24.3 Å². The van der Waals surface area contributed by atoms with Gasteiger partial charge in [-0.25, -0.2) is 4.79 Å². The molecular formula is C20H30N2O4. The van der Waals surface area contributed by atoms with Crippen LogP contribution < -0.4 is 10.6 Å². The molecular weight excluding hydrogens is 332 g/mol. The van der Waals surface area contributed by atoms with E-state index in [4.69, 9.17) is 9.47 Å². The first-order valence-electron chi connectivity index (χ1n) is 9.73. The molecule has 0 radical (unpaired) electrons. The van der Waals surface area contributed by atoms with Crippen LogP contribution >= 0.6 is 0 Å². The van der Waals surface area contributed by atoms with Crippen molar-refractivity contribution in [2.45, 2.75) is 69.8 Å². The molecule has 3 N–H and O–H groups in total. The number of amides is 2. The Morgan fingerprint density at radius 2 is 2.04 bits per heavy atom. The summed E-state index contributed by atoms with van der Waals surface area (Å²) in [4.78, 5) is 12.2. The van der Waals surface area contributed by atoms with E-state index in [0.717, 1.165) is 56.4 Å². The molecule has 0 bridgehead atoms. The maximum atomic E-state index is 12.2. The second-order valence-corrected chi connectivity index (χ2v) is 7.31. The molecule has 0 spiro atoms. The van der Waals surface area contributed by atoms with Gasteiger partial charge in [0.15, 0.2) is 0 Å². The zero-order chi connectivity index (χ0) is 18.2. The Hall–Kier alpha value is -1.63. The van der Waals surface area contributed by atoms with Crippen LogP contribution in [0.5, 0.6) is 0 Å². The summed E-state index contributed by atoms with van der Waals surface area (Å²) in [5.41, 5.74) is 1.78. The van der Waals surface area contributed by atoms with Crippen molar-refractivity contribution in [3.8, 4) is 0 Å². The number of anilines is 1. The zero-order valence-electron chi connectivity index (χ0n) is 15.3. The quantitative estimate of drug-likeness (QED) is 0.726. The maximum absolute atomic E-state index is 12.2. The van der Waals surface area contributed by atoms with Gasteiger partial charge in [-0.15, -0.1) is 0 Å². The molecule has 2 aliphatic rings. The number of hydrogen-bond acceptors (Lipinski definition) is 4. The third-order valence-electron chi connectivity index (χ3n) is 5.06. The monoisotopic (exact) mass is 362 g/mol. The Morgan fingerprint density at radius 1 is 1.19 bits per heavy atom. The Labute approximate surface area is 155 Å². The van der Waals surface area contributed by atoms with Crippen LogP contribution in [0, 0.1) is 0 Å². The molecule has 144 valence electrons. The predicted molar refractivity (Wildman–Crippen MR) is 100 cm³/mol. The van der Waals surface area contributed by atoms with Gasteiger partial charge in [0.25, 0.3) is 0 Å². The van der Waals surface area contributed by atoms with Gasteiger partial charge in [-0.2, -0.15) is 0 Å². The lowest BCUT2D eigenvalue weighted by Crippen LogP contribution is -2.40. The topological polar surface area (TPSA) is 79.8 Å².